The summed E-state index contributed by atoms with van der Waals surface area (Å²) in [5, 5.41) is 0. The van der Waals surface area contributed by atoms with Gasteiger partial charge in [0.15, 0.2) is 5.75 Å². The molecule has 20 heavy (non-hydrogen) atoms. The zero-order chi connectivity index (χ0) is 14.9. The van der Waals surface area contributed by atoms with Crippen LogP contribution in [-0.2, 0) is 5.41 Å². The van der Waals surface area contributed by atoms with Crippen molar-refractivity contribution in [2.24, 2.45) is 0 Å². The molecule has 0 atom stereocenters. The fourth-order valence-corrected chi connectivity index (χ4v) is 1.95. The van der Waals surface area contributed by atoms with E-state index in [-0.39, 0.29) is 11.2 Å². The molecule has 0 aliphatic heterocycles. The first-order valence-electron chi connectivity index (χ1n) is 6.61. The molecule has 2 aromatic carbocycles. The summed E-state index contributed by atoms with van der Waals surface area (Å²) < 4.78 is 19.0. The van der Waals surface area contributed by atoms with Crippen molar-refractivity contribution in [1.29, 1.82) is 0 Å². The van der Waals surface area contributed by atoms with E-state index in [1.807, 2.05) is 19.1 Å². The number of ether oxygens (including phenoxy) is 1. The Bertz CT molecular complexity index is 629. The van der Waals surface area contributed by atoms with Crippen molar-refractivity contribution in [2.75, 3.05) is 5.73 Å². The maximum atomic E-state index is 13.2. The summed E-state index contributed by atoms with van der Waals surface area (Å²) >= 11 is 0. The minimum atomic E-state index is -0.363. The van der Waals surface area contributed by atoms with Crippen molar-refractivity contribution in [2.45, 2.75) is 33.1 Å². The highest BCUT2D eigenvalue weighted by molar-refractivity contribution is 5.54. The topological polar surface area (TPSA) is 35.2 Å². The fraction of sp³-hybridized carbons (Fsp3) is 0.294. The predicted molar refractivity (Wildman–Crippen MR) is 80.8 cm³/mol. The molecule has 0 fully saturated rings. The van der Waals surface area contributed by atoms with Gasteiger partial charge < -0.3 is 10.5 Å². The molecule has 0 heterocycles. The molecule has 0 aliphatic carbocycles. The average Bonchev–Trinajstić information content (AvgIpc) is 2.35. The quantitative estimate of drug-likeness (QED) is 0.797. The third-order valence-electron chi connectivity index (χ3n) is 3.24. The first-order valence-corrected chi connectivity index (χ1v) is 6.61. The Kier molecular flexibility index (Phi) is 3.71. The third-order valence-corrected chi connectivity index (χ3v) is 3.24. The smallest absolute Gasteiger partial charge is 0.153 e. The van der Waals surface area contributed by atoms with E-state index in [2.05, 4.69) is 26.8 Å². The number of halogens is 1. The van der Waals surface area contributed by atoms with Gasteiger partial charge in [-0.2, -0.15) is 0 Å². The van der Waals surface area contributed by atoms with Gasteiger partial charge >= 0.3 is 0 Å². The van der Waals surface area contributed by atoms with Crippen LogP contribution < -0.4 is 10.5 Å². The van der Waals surface area contributed by atoms with E-state index >= 15 is 0 Å². The third kappa shape index (κ3) is 3.10. The zero-order valence-corrected chi connectivity index (χ0v) is 12.3. The number of rotatable bonds is 2. The van der Waals surface area contributed by atoms with Gasteiger partial charge in [-0.25, -0.2) is 4.39 Å². The lowest BCUT2D eigenvalue weighted by molar-refractivity contribution is 0.474. The molecule has 0 spiro atoms. The van der Waals surface area contributed by atoms with E-state index in [0.717, 1.165) is 5.56 Å². The van der Waals surface area contributed by atoms with Crippen LogP contribution in [0.15, 0.2) is 36.4 Å². The normalized spacial score (nSPS) is 11.4. The lowest BCUT2D eigenvalue weighted by Gasteiger charge is -2.20. The average molecular weight is 273 g/mol. The summed E-state index contributed by atoms with van der Waals surface area (Å²) in [7, 11) is 0. The van der Waals surface area contributed by atoms with Crippen LogP contribution in [0.4, 0.5) is 10.1 Å². The second-order valence-corrected chi connectivity index (χ2v) is 6.01. The first kappa shape index (κ1) is 14.4. The molecule has 0 unspecified atom stereocenters. The Morgan fingerprint density at radius 3 is 2.30 bits per heavy atom. The number of benzene rings is 2. The highest BCUT2D eigenvalue weighted by atomic mass is 19.1. The van der Waals surface area contributed by atoms with Crippen LogP contribution in [0.3, 0.4) is 0 Å². The number of hydrogen-bond acceptors (Lipinski definition) is 2. The largest absolute Gasteiger partial charge is 0.455 e. The molecule has 0 aromatic heterocycles. The summed E-state index contributed by atoms with van der Waals surface area (Å²) in [6.45, 7) is 8.45. The van der Waals surface area contributed by atoms with Crippen molar-refractivity contribution < 1.29 is 9.13 Å². The van der Waals surface area contributed by atoms with E-state index in [1.54, 1.807) is 0 Å². The number of nitrogens with two attached hydrogens (primary N) is 1. The fourth-order valence-electron chi connectivity index (χ4n) is 1.95. The lowest BCUT2D eigenvalue weighted by Crippen LogP contribution is -2.11. The Morgan fingerprint density at radius 2 is 1.70 bits per heavy atom. The summed E-state index contributed by atoms with van der Waals surface area (Å²) in [5.41, 5.74) is 8.53. The number of aryl methyl sites for hydroxylation is 1. The van der Waals surface area contributed by atoms with Crippen molar-refractivity contribution in [3.05, 3.63) is 53.3 Å². The molecule has 0 aliphatic rings. The number of anilines is 1. The monoisotopic (exact) mass is 273 g/mol. The van der Waals surface area contributed by atoms with Crippen molar-refractivity contribution in [3.63, 3.8) is 0 Å². The SMILES string of the molecule is Cc1cc(C(C)(C)C)ccc1Oc1cc(F)ccc1N. The summed E-state index contributed by atoms with van der Waals surface area (Å²) in [6.07, 6.45) is 0. The molecule has 106 valence electrons. The predicted octanol–water partition coefficient (Wildman–Crippen LogP) is 4.81. The number of nitrogen functional groups attached to an aromatic ring is 1. The zero-order valence-electron chi connectivity index (χ0n) is 12.3. The second kappa shape index (κ2) is 5.16. The van der Waals surface area contributed by atoms with Crippen LogP contribution in [0.1, 0.15) is 31.9 Å². The van der Waals surface area contributed by atoms with Crippen LogP contribution in [0.25, 0.3) is 0 Å². The van der Waals surface area contributed by atoms with E-state index in [4.69, 9.17) is 10.5 Å². The minimum Gasteiger partial charge on any atom is -0.455 e. The highest BCUT2D eigenvalue weighted by Gasteiger charge is 2.15. The van der Waals surface area contributed by atoms with Crippen LogP contribution in [0.2, 0.25) is 0 Å². The van der Waals surface area contributed by atoms with Crippen LogP contribution in [-0.4, -0.2) is 0 Å². The summed E-state index contributed by atoms with van der Waals surface area (Å²) in [4.78, 5) is 0. The van der Waals surface area contributed by atoms with Gasteiger partial charge in [-0.05, 0) is 41.7 Å². The molecular weight excluding hydrogens is 253 g/mol. The van der Waals surface area contributed by atoms with Crippen molar-refractivity contribution >= 4 is 5.69 Å². The van der Waals surface area contributed by atoms with Gasteiger partial charge in [0, 0.05) is 6.07 Å². The summed E-state index contributed by atoms with van der Waals surface area (Å²) in [5.74, 6) is 0.671. The maximum Gasteiger partial charge on any atom is 0.153 e. The molecular formula is C17H20FNO. The van der Waals surface area contributed by atoms with Gasteiger partial charge in [-0.3, -0.25) is 0 Å². The van der Waals surface area contributed by atoms with Gasteiger partial charge in [0.1, 0.15) is 11.6 Å². The van der Waals surface area contributed by atoms with E-state index in [0.29, 0.717) is 17.2 Å². The van der Waals surface area contributed by atoms with E-state index < -0.39 is 0 Å². The van der Waals surface area contributed by atoms with Crippen LogP contribution in [0, 0.1) is 12.7 Å². The van der Waals surface area contributed by atoms with Crippen molar-refractivity contribution in [1.82, 2.24) is 0 Å². The Labute approximate surface area is 119 Å². The molecule has 2 rings (SSSR count). The van der Waals surface area contributed by atoms with Gasteiger partial charge in [0.25, 0.3) is 0 Å². The lowest BCUT2D eigenvalue weighted by atomic mass is 9.86. The molecule has 2 N–H and O–H groups in total. The van der Waals surface area contributed by atoms with Gasteiger partial charge in [0.05, 0.1) is 5.69 Å². The van der Waals surface area contributed by atoms with Crippen LogP contribution in [0.5, 0.6) is 11.5 Å². The maximum absolute atomic E-state index is 13.2. The van der Waals surface area contributed by atoms with E-state index in [1.165, 1.54) is 23.8 Å². The Morgan fingerprint density at radius 1 is 1.00 bits per heavy atom. The molecule has 0 saturated heterocycles. The first-order chi connectivity index (χ1) is 9.27. The summed E-state index contributed by atoms with van der Waals surface area (Å²) in [6, 6.07) is 10.1. The Hall–Kier alpha value is -2.03. The standard InChI is InChI=1S/C17H20FNO/c1-11-9-12(17(2,3)4)5-8-15(11)20-16-10-13(18)6-7-14(16)19/h5-10H,19H2,1-4H3. The van der Waals surface area contributed by atoms with Gasteiger partial charge in [-0.1, -0.05) is 32.9 Å². The molecule has 0 bridgehead atoms. The second-order valence-electron chi connectivity index (χ2n) is 6.01. The Balaban J connectivity index is 2.33. The highest BCUT2D eigenvalue weighted by Crippen LogP contribution is 2.32. The van der Waals surface area contributed by atoms with Crippen molar-refractivity contribution in [3.8, 4) is 11.5 Å². The number of hydrogen-bond donors (Lipinski definition) is 1. The molecule has 3 heteroatoms. The van der Waals surface area contributed by atoms with Gasteiger partial charge in [-0.15, -0.1) is 0 Å². The molecule has 2 aromatic rings. The molecule has 0 radical (unpaired) electrons. The molecule has 0 amide bonds. The van der Waals surface area contributed by atoms with Crippen LogP contribution >= 0.6 is 0 Å². The molecule has 2 nitrogen and oxygen atoms in total. The molecule has 0 saturated carbocycles. The van der Waals surface area contributed by atoms with E-state index in [9.17, 15) is 4.39 Å². The van der Waals surface area contributed by atoms with Gasteiger partial charge in [0.2, 0.25) is 0 Å². The minimum absolute atomic E-state index is 0.0845.